The second-order valence-corrected chi connectivity index (χ2v) is 8.82. The molecule has 0 aliphatic rings. The topological polar surface area (TPSA) is 60.2 Å². The van der Waals surface area contributed by atoms with Crippen molar-refractivity contribution in [1.82, 2.24) is 14.8 Å². The predicted molar refractivity (Wildman–Crippen MR) is 125 cm³/mol. The molecule has 6 nitrogen and oxygen atoms in total. The van der Waals surface area contributed by atoms with E-state index in [0.717, 1.165) is 27.0 Å². The Morgan fingerprint density at radius 3 is 2.58 bits per heavy atom. The van der Waals surface area contributed by atoms with Crippen LogP contribution in [0.4, 0.5) is 5.13 Å². The molecule has 0 fully saturated rings. The molecule has 2 aromatic carbocycles. The number of hydrogen-bond donors (Lipinski definition) is 0. The molecule has 0 unspecified atom stereocenters. The lowest BCUT2D eigenvalue weighted by atomic mass is 10.2. The minimum atomic E-state index is -0.117. The lowest BCUT2D eigenvalue weighted by molar-refractivity contribution is 0.0973. The number of amides is 1. The van der Waals surface area contributed by atoms with Crippen LogP contribution in [0.15, 0.2) is 48.5 Å². The van der Waals surface area contributed by atoms with Gasteiger partial charge in [0.15, 0.2) is 5.13 Å². The molecule has 0 saturated heterocycles. The van der Waals surface area contributed by atoms with Gasteiger partial charge in [-0.05, 0) is 51.0 Å². The molecule has 4 aromatic rings. The number of methoxy groups -OCH3 is 1. The molecular formula is C24H26N4O2S. The highest BCUT2D eigenvalue weighted by atomic mass is 32.1. The van der Waals surface area contributed by atoms with Gasteiger partial charge < -0.3 is 4.74 Å². The predicted octanol–water partition coefficient (Wildman–Crippen LogP) is 5.55. The highest BCUT2D eigenvalue weighted by Crippen LogP contribution is 2.37. The maximum Gasteiger partial charge on any atom is 0.278 e. The van der Waals surface area contributed by atoms with Gasteiger partial charge in [-0.15, -0.1) is 0 Å². The van der Waals surface area contributed by atoms with Crippen LogP contribution in [0, 0.1) is 13.8 Å². The van der Waals surface area contributed by atoms with Crippen molar-refractivity contribution < 1.29 is 9.53 Å². The Bertz CT molecular complexity index is 1230. The first-order valence-electron chi connectivity index (χ1n) is 10.2. The molecule has 160 valence electrons. The number of thiazole rings is 1. The summed E-state index contributed by atoms with van der Waals surface area (Å²) in [5, 5.41) is 5.17. The van der Waals surface area contributed by atoms with Crippen LogP contribution in [0.3, 0.4) is 0 Å². The average molecular weight is 435 g/mol. The third-order valence-corrected chi connectivity index (χ3v) is 6.35. The van der Waals surface area contributed by atoms with E-state index in [2.05, 4.69) is 5.10 Å². The summed E-state index contributed by atoms with van der Waals surface area (Å²) in [4.78, 5) is 20.4. The van der Waals surface area contributed by atoms with Crippen molar-refractivity contribution in [2.24, 2.45) is 0 Å². The Kier molecular flexibility index (Phi) is 5.78. The van der Waals surface area contributed by atoms with Crippen molar-refractivity contribution in [3.05, 3.63) is 71.0 Å². The molecule has 31 heavy (non-hydrogen) atoms. The summed E-state index contributed by atoms with van der Waals surface area (Å²) < 4.78 is 8.33. The number of aromatic nitrogens is 3. The van der Waals surface area contributed by atoms with Crippen molar-refractivity contribution in [2.75, 3.05) is 12.0 Å². The van der Waals surface area contributed by atoms with Gasteiger partial charge >= 0.3 is 0 Å². The molecular weight excluding hydrogens is 408 g/mol. The minimum absolute atomic E-state index is 0.0731. The standard InChI is InChI=1S/C24H26N4O2S/c1-15(2)28-19(13-17(4)26-28)23(29)27(14-18-9-7-6-8-10-18)24-25-21-20(30-5)12-11-16(3)22(21)31-24/h6-13,15H,14H2,1-5H3. The first kappa shape index (κ1) is 21.1. The van der Waals surface area contributed by atoms with Crippen LogP contribution in [0.2, 0.25) is 0 Å². The van der Waals surface area contributed by atoms with Crippen LogP contribution in [0.5, 0.6) is 5.75 Å². The molecule has 0 aliphatic heterocycles. The van der Waals surface area contributed by atoms with Crippen molar-refractivity contribution in [3.8, 4) is 5.75 Å². The molecule has 2 aromatic heterocycles. The molecule has 0 saturated carbocycles. The maximum absolute atomic E-state index is 13.8. The SMILES string of the molecule is COc1ccc(C)c2sc(N(Cc3ccccc3)C(=O)c3cc(C)nn3C(C)C)nc12. The lowest BCUT2D eigenvalue weighted by Crippen LogP contribution is -2.32. The quantitative estimate of drug-likeness (QED) is 0.399. The van der Waals surface area contributed by atoms with Gasteiger partial charge in [-0.25, -0.2) is 4.98 Å². The van der Waals surface area contributed by atoms with Crippen LogP contribution in [-0.4, -0.2) is 27.8 Å². The van der Waals surface area contributed by atoms with Gasteiger partial charge in [0.2, 0.25) is 0 Å². The van der Waals surface area contributed by atoms with Gasteiger partial charge in [0.05, 0.1) is 24.0 Å². The Morgan fingerprint density at radius 1 is 1.16 bits per heavy atom. The Balaban J connectivity index is 1.85. The highest BCUT2D eigenvalue weighted by Gasteiger charge is 2.27. The first-order chi connectivity index (χ1) is 14.9. The smallest absolute Gasteiger partial charge is 0.278 e. The molecule has 0 N–H and O–H groups in total. The van der Waals surface area contributed by atoms with Crippen LogP contribution < -0.4 is 9.64 Å². The summed E-state index contributed by atoms with van der Waals surface area (Å²) in [5.74, 6) is 0.590. The van der Waals surface area contributed by atoms with E-state index in [1.807, 2.05) is 76.2 Å². The number of fused-ring (bicyclic) bond motifs is 1. The van der Waals surface area contributed by atoms with Gasteiger partial charge in [-0.3, -0.25) is 14.4 Å². The summed E-state index contributed by atoms with van der Waals surface area (Å²) in [6.45, 7) is 8.42. The maximum atomic E-state index is 13.8. The molecule has 0 radical (unpaired) electrons. The van der Waals surface area contributed by atoms with Crippen molar-refractivity contribution in [1.29, 1.82) is 0 Å². The Morgan fingerprint density at radius 2 is 1.90 bits per heavy atom. The first-order valence-corrected chi connectivity index (χ1v) is 11.1. The molecule has 0 atom stereocenters. The zero-order chi connectivity index (χ0) is 22.1. The van der Waals surface area contributed by atoms with E-state index in [0.29, 0.717) is 23.1 Å². The number of carbonyl (C=O) groups is 1. The van der Waals surface area contributed by atoms with E-state index in [-0.39, 0.29) is 11.9 Å². The van der Waals surface area contributed by atoms with E-state index < -0.39 is 0 Å². The molecule has 7 heteroatoms. The zero-order valence-electron chi connectivity index (χ0n) is 18.4. The van der Waals surface area contributed by atoms with E-state index in [1.54, 1.807) is 16.7 Å². The third kappa shape index (κ3) is 4.05. The van der Waals surface area contributed by atoms with E-state index >= 15 is 0 Å². The Labute approximate surface area is 186 Å². The summed E-state index contributed by atoms with van der Waals surface area (Å²) in [6.07, 6.45) is 0. The molecule has 1 amide bonds. The molecule has 0 bridgehead atoms. The summed E-state index contributed by atoms with van der Waals surface area (Å²) in [5.41, 5.74) is 4.30. The summed E-state index contributed by atoms with van der Waals surface area (Å²) >= 11 is 1.51. The van der Waals surface area contributed by atoms with Gasteiger partial charge in [-0.2, -0.15) is 5.10 Å². The fourth-order valence-corrected chi connectivity index (χ4v) is 4.63. The lowest BCUT2D eigenvalue weighted by Gasteiger charge is -2.21. The summed E-state index contributed by atoms with van der Waals surface area (Å²) in [6, 6.07) is 15.8. The second-order valence-electron chi connectivity index (χ2n) is 7.85. The van der Waals surface area contributed by atoms with Crippen LogP contribution in [0.1, 0.15) is 47.2 Å². The molecule has 0 aliphatic carbocycles. The minimum Gasteiger partial charge on any atom is -0.494 e. The number of anilines is 1. The monoisotopic (exact) mass is 434 g/mol. The van der Waals surface area contributed by atoms with Crippen molar-refractivity contribution in [2.45, 2.75) is 40.3 Å². The summed E-state index contributed by atoms with van der Waals surface area (Å²) in [7, 11) is 1.64. The fraction of sp³-hybridized carbons (Fsp3) is 0.292. The number of aryl methyl sites for hydroxylation is 2. The second kappa shape index (κ2) is 8.51. The number of rotatable bonds is 6. The third-order valence-electron chi connectivity index (χ3n) is 5.14. The van der Waals surface area contributed by atoms with Gasteiger partial charge in [0.25, 0.3) is 5.91 Å². The van der Waals surface area contributed by atoms with Crippen LogP contribution in [-0.2, 0) is 6.54 Å². The van der Waals surface area contributed by atoms with E-state index in [4.69, 9.17) is 9.72 Å². The van der Waals surface area contributed by atoms with Crippen molar-refractivity contribution in [3.63, 3.8) is 0 Å². The van der Waals surface area contributed by atoms with Gasteiger partial charge in [0, 0.05) is 6.04 Å². The number of benzene rings is 2. The average Bonchev–Trinajstić information content (AvgIpc) is 3.37. The van der Waals surface area contributed by atoms with E-state index in [9.17, 15) is 4.79 Å². The molecule has 0 spiro atoms. The number of carbonyl (C=O) groups excluding carboxylic acids is 1. The molecule has 4 rings (SSSR count). The van der Waals surface area contributed by atoms with Gasteiger partial charge in [-0.1, -0.05) is 47.7 Å². The fourth-order valence-electron chi connectivity index (χ4n) is 3.58. The normalized spacial score (nSPS) is 11.3. The van der Waals surface area contributed by atoms with E-state index in [1.165, 1.54) is 11.3 Å². The number of nitrogens with zero attached hydrogens (tertiary/aromatic N) is 4. The number of ether oxygens (including phenoxy) is 1. The van der Waals surface area contributed by atoms with Gasteiger partial charge in [0.1, 0.15) is 17.0 Å². The Hall–Kier alpha value is -3.19. The van der Waals surface area contributed by atoms with Crippen LogP contribution in [0.25, 0.3) is 10.2 Å². The van der Waals surface area contributed by atoms with Crippen LogP contribution >= 0.6 is 11.3 Å². The number of hydrogen-bond acceptors (Lipinski definition) is 5. The highest BCUT2D eigenvalue weighted by molar-refractivity contribution is 7.22. The largest absolute Gasteiger partial charge is 0.494 e. The zero-order valence-corrected chi connectivity index (χ0v) is 19.2. The van der Waals surface area contributed by atoms with Crippen molar-refractivity contribution >= 4 is 32.6 Å². The molecule has 2 heterocycles.